The Bertz CT molecular complexity index is 558. The summed E-state index contributed by atoms with van der Waals surface area (Å²) in [5.74, 6) is 1.93. The highest BCUT2D eigenvalue weighted by Gasteiger charge is 2.13. The van der Waals surface area contributed by atoms with Crippen LogP contribution in [-0.4, -0.2) is 18.8 Å². The van der Waals surface area contributed by atoms with Crippen LogP contribution in [0.25, 0.3) is 0 Å². The Morgan fingerprint density at radius 1 is 1.38 bits per heavy atom. The van der Waals surface area contributed by atoms with Crippen LogP contribution in [0.1, 0.15) is 24.7 Å². The second-order valence-electron chi connectivity index (χ2n) is 4.54. The smallest absolute Gasteiger partial charge is 0.174 e. The highest BCUT2D eigenvalue weighted by Crippen LogP contribution is 2.35. The summed E-state index contributed by atoms with van der Waals surface area (Å²) in [6.07, 6.45) is 2.65. The lowest BCUT2D eigenvalue weighted by Gasteiger charge is -2.15. The molecule has 0 saturated carbocycles. The highest BCUT2D eigenvalue weighted by molar-refractivity contribution is 6.30. The quantitative estimate of drug-likeness (QED) is 0.757. The van der Waals surface area contributed by atoms with E-state index in [4.69, 9.17) is 25.6 Å². The van der Waals surface area contributed by atoms with E-state index >= 15 is 0 Å². The average Bonchev–Trinajstić information content (AvgIpc) is 2.99. The molecule has 5 nitrogen and oxygen atoms in total. The lowest BCUT2D eigenvalue weighted by atomic mass is 10.1. The van der Waals surface area contributed by atoms with Gasteiger partial charge in [0.05, 0.1) is 13.3 Å². The number of rotatable bonds is 8. The van der Waals surface area contributed by atoms with Crippen LogP contribution < -0.4 is 14.8 Å². The SMILES string of the molecule is CCCNCc1cc(Cl)cc(OC)c1OCc1ccno1. The number of ether oxygens (including phenoxy) is 2. The molecule has 0 bridgehead atoms. The molecule has 2 aromatic rings. The Labute approximate surface area is 129 Å². The predicted octanol–water partition coefficient (Wildman–Crippen LogP) is 3.42. The molecule has 0 spiro atoms. The Balaban J connectivity index is 2.17. The molecule has 6 heteroatoms. The molecule has 0 fully saturated rings. The molecule has 0 amide bonds. The van der Waals surface area contributed by atoms with Gasteiger partial charge < -0.3 is 19.3 Å². The fraction of sp³-hybridized carbons (Fsp3) is 0.400. The van der Waals surface area contributed by atoms with Crippen LogP contribution in [-0.2, 0) is 13.2 Å². The van der Waals surface area contributed by atoms with Gasteiger partial charge >= 0.3 is 0 Å². The normalized spacial score (nSPS) is 10.6. The third-order valence-corrected chi connectivity index (χ3v) is 3.13. The summed E-state index contributed by atoms with van der Waals surface area (Å²) in [7, 11) is 1.59. The zero-order valence-corrected chi connectivity index (χ0v) is 12.9. The molecule has 1 aromatic carbocycles. The van der Waals surface area contributed by atoms with Crippen LogP contribution in [0.3, 0.4) is 0 Å². The van der Waals surface area contributed by atoms with E-state index in [0.29, 0.717) is 35.4 Å². The number of hydrogen-bond donors (Lipinski definition) is 1. The maximum absolute atomic E-state index is 6.12. The first-order chi connectivity index (χ1) is 10.2. The van der Waals surface area contributed by atoms with Crippen molar-refractivity contribution in [2.24, 2.45) is 0 Å². The minimum atomic E-state index is 0.290. The predicted molar refractivity (Wildman–Crippen MR) is 80.8 cm³/mol. The van der Waals surface area contributed by atoms with E-state index in [-0.39, 0.29) is 0 Å². The van der Waals surface area contributed by atoms with E-state index in [2.05, 4.69) is 17.4 Å². The van der Waals surface area contributed by atoms with Gasteiger partial charge in [-0.25, -0.2) is 0 Å². The largest absolute Gasteiger partial charge is 0.493 e. The number of hydrogen-bond acceptors (Lipinski definition) is 5. The van der Waals surface area contributed by atoms with Crippen molar-refractivity contribution >= 4 is 11.6 Å². The third kappa shape index (κ3) is 4.37. The van der Waals surface area contributed by atoms with Crippen LogP contribution >= 0.6 is 11.6 Å². The van der Waals surface area contributed by atoms with Gasteiger partial charge in [-0.3, -0.25) is 0 Å². The van der Waals surface area contributed by atoms with E-state index in [9.17, 15) is 0 Å². The summed E-state index contributed by atoms with van der Waals surface area (Å²) in [5, 5.41) is 7.61. The fourth-order valence-corrected chi connectivity index (χ4v) is 2.16. The topological polar surface area (TPSA) is 56.5 Å². The Hall–Kier alpha value is -1.72. The van der Waals surface area contributed by atoms with Crippen molar-refractivity contribution in [1.82, 2.24) is 10.5 Å². The van der Waals surface area contributed by atoms with Crippen LogP contribution in [0, 0.1) is 0 Å². The summed E-state index contributed by atoms with van der Waals surface area (Å²) in [5.41, 5.74) is 0.951. The molecule has 1 aromatic heterocycles. The maximum atomic E-state index is 6.12. The minimum absolute atomic E-state index is 0.290. The van der Waals surface area contributed by atoms with Crippen LogP contribution in [0.5, 0.6) is 11.5 Å². The van der Waals surface area contributed by atoms with Crippen molar-refractivity contribution in [2.45, 2.75) is 26.5 Å². The summed E-state index contributed by atoms with van der Waals surface area (Å²) in [6.45, 7) is 4.00. The first-order valence-electron chi connectivity index (χ1n) is 6.84. The van der Waals surface area contributed by atoms with Gasteiger partial charge in [0.2, 0.25) is 0 Å². The van der Waals surface area contributed by atoms with Gasteiger partial charge in [-0.15, -0.1) is 0 Å². The van der Waals surface area contributed by atoms with Crippen molar-refractivity contribution in [2.75, 3.05) is 13.7 Å². The first kappa shape index (κ1) is 15.7. The van der Waals surface area contributed by atoms with Gasteiger partial charge in [-0.2, -0.15) is 0 Å². The maximum Gasteiger partial charge on any atom is 0.174 e. The average molecular weight is 311 g/mol. The van der Waals surface area contributed by atoms with E-state index in [0.717, 1.165) is 18.5 Å². The number of nitrogens with zero attached hydrogens (tertiary/aromatic N) is 1. The van der Waals surface area contributed by atoms with Gasteiger partial charge in [-0.1, -0.05) is 23.7 Å². The number of nitrogens with one attached hydrogen (secondary N) is 1. The standard InChI is InChI=1S/C15H19ClN2O3/c1-3-5-17-9-11-7-12(16)8-14(19-2)15(11)20-10-13-4-6-18-21-13/h4,6-8,17H,3,5,9-10H2,1-2H3. The monoisotopic (exact) mass is 310 g/mol. The van der Waals surface area contributed by atoms with E-state index in [1.165, 1.54) is 0 Å². The van der Waals surface area contributed by atoms with Gasteiger partial charge in [0.25, 0.3) is 0 Å². The zero-order valence-electron chi connectivity index (χ0n) is 12.2. The second kappa shape index (κ2) is 7.90. The molecule has 0 aliphatic heterocycles. The van der Waals surface area contributed by atoms with E-state index in [1.807, 2.05) is 6.07 Å². The summed E-state index contributed by atoms with van der Waals surface area (Å²) < 4.78 is 16.2. The zero-order chi connectivity index (χ0) is 15.1. The van der Waals surface area contributed by atoms with Crippen molar-refractivity contribution in [3.63, 3.8) is 0 Å². The second-order valence-corrected chi connectivity index (χ2v) is 4.98. The molecular formula is C15H19ClN2O3. The van der Waals surface area contributed by atoms with Crippen molar-refractivity contribution in [3.8, 4) is 11.5 Å². The Morgan fingerprint density at radius 3 is 2.90 bits per heavy atom. The third-order valence-electron chi connectivity index (χ3n) is 2.91. The summed E-state index contributed by atoms with van der Waals surface area (Å²) in [6, 6.07) is 5.38. The van der Waals surface area contributed by atoms with E-state index < -0.39 is 0 Å². The van der Waals surface area contributed by atoms with E-state index in [1.54, 1.807) is 25.4 Å². The molecule has 0 saturated heterocycles. The van der Waals surface area contributed by atoms with Crippen LogP contribution in [0.4, 0.5) is 0 Å². The van der Waals surface area contributed by atoms with Crippen molar-refractivity contribution in [3.05, 3.63) is 40.7 Å². The van der Waals surface area contributed by atoms with Crippen LogP contribution in [0.15, 0.2) is 28.9 Å². The molecule has 0 unspecified atom stereocenters. The molecule has 2 rings (SSSR count). The molecule has 0 atom stereocenters. The molecule has 1 heterocycles. The minimum Gasteiger partial charge on any atom is -0.493 e. The Morgan fingerprint density at radius 2 is 2.24 bits per heavy atom. The van der Waals surface area contributed by atoms with Gasteiger partial charge in [-0.05, 0) is 19.0 Å². The fourth-order valence-electron chi connectivity index (χ4n) is 1.93. The lowest BCUT2D eigenvalue weighted by molar-refractivity contribution is 0.236. The molecule has 21 heavy (non-hydrogen) atoms. The van der Waals surface area contributed by atoms with Gasteiger partial charge in [0, 0.05) is 29.3 Å². The van der Waals surface area contributed by atoms with Crippen molar-refractivity contribution < 1.29 is 14.0 Å². The molecule has 0 aliphatic rings. The van der Waals surface area contributed by atoms with Gasteiger partial charge in [0.1, 0.15) is 6.61 Å². The number of aromatic nitrogens is 1. The Kier molecular flexibility index (Phi) is 5.90. The summed E-state index contributed by atoms with van der Waals surface area (Å²) in [4.78, 5) is 0. The summed E-state index contributed by atoms with van der Waals surface area (Å²) >= 11 is 6.12. The highest BCUT2D eigenvalue weighted by atomic mass is 35.5. The van der Waals surface area contributed by atoms with Gasteiger partial charge in [0.15, 0.2) is 17.3 Å². The number of methoxy groups -OCH3 is 1. The molecule has 0 aliphatic carbocycles. The number of benzene rings is 1. The molecular weight excluding hydrogens is 292 g/mol. The lowest BCUT2D eigenvalue weighted by Crippen LogP contribution is -2.15. The number of halogens is 1. The molecule has 0 radical (unpaired) electrons. The van der Waals surface area contributed by atoms with Crippen LogP contribution in [0.2, 0.25) is 5.02 Å². The first-order valence-corrected chi connectivity index (χ1v) is 7.22. The van der Waals surface area contributed by atoms with Crippen molar-refractivity contribution in [1.29, 1.82) is 0 Å². The molecule has 1 N–H and O–H groups in total. The molecule has 114 valence electrons.